The highest BCUT2D eigenvalue weighted by molar-refractivity contribution is 5.94. The van der Waals surface area contributed by atoms with E-state index in [4.69, 9.17) is 0 Å². The molecule has 0 saturated carbocycles. The van der Waals surface area contributed by atoms with E-state index in [0.717, 1.165) is 11.3 Å². The predicted molar refractivity (Wildman–Crippen MR) is 80.3 cm³/mol. The molecule has 1 aromatic carbocycles. The standard InChI is InChI=1S/C16H19N3O/c1-12(14-7-6-10-17-11-14)18-13(2)16(20)19-15-8-4-3-5-9-15/h3-13,18H,1-2H3,(H,19,20). The number of amides is 1. The van der Waals surface area contributed by atoms with Crippen LogP contribution < -0.4 is 10.6 Å². The summed E-state index contributed by atoms with van der Waals surface area (Å²) in [6.45, 7) is 3.87. The number of hydrogen-bond donors (Lipinski definition) is 2. The van der Waals surface area contributed by atoms with Gasteiger partial charge in [-0.15, -0.1) is 0 Å². The van der Waals surface area contributed by atoms with E-state index < -0.39 is 0 Å². The van der Waals surface area contributed by atoms with E-state index in [1.807, 2.05) is 56.3 Å². The lowest BCUT2D eigenvalue weighted by Gasteiger charge is -2.19. The zero-order chi connectivity index (χ0) is 14.4. The number of aromatic nitrogens is 1. The van der Waals surface area contributed by atoms with E-state index in [9.17, 15) is 4.79 Å². The number of pyridine rings is 1. The van der Waals surface area contributed by atoms with Gasteiger partial charge in [0.1, 0.15) is 0 Å². The minimum atomic E-state index is -0.287. The van der Waals surface area contributed by atoms with Crippen molar-refractivity contribution in [1.82, 2.24) is 10.3 Å². The van der Waals surface area contributed by atoms with E-state index in [-0.39, 0.29) is 18.0 Å². The lowest BCUT2D eigenvalue weighted by Crippen LogP contribution is -2.39. The summed E-state index contributed by atoms with van der Waals surface area (Å²) in [7, 11) is 0. The van der Waals surface area contributed by atoms with Gasteiger partial charge in [-0.2, -0.15) is 0 Å². The molecule has 104 valence electrons. The van der Waals surface area contributed by atoms with Gasteiger partial charge in [-0.25, -0.2) is 0 Å². The molecular weight excluding hydrogens is 250 g/mol. The summed E-state index contributed by atoms with van der Waals surface area (Å²) in [6.07, 6.45) is 3.54. The summed E-state index contributed by atoms with van der Waals surface area (Å²) in [5.74, 6) is -0.0491. The Balaban J connectivity index is 1.91. The van der Waals surface area contributed by atoms with Gasteiger partial charge in [0.2, 0.25) is 5.91 Å². The van der Waals surface area contributed by atoms with Crippen LogP contribution in [0.1, 0.15) is 25.5 Å². The summed E-state index contributed by atoms with van der Waals surface area (Å²) in [5, 5.41) is 6.15. The fourth-order valence-corrected chi connectivity index (χ4v) is 1.95. The second kappa shape index (κ2) is 6.82. The molecule has 0 bridgehead atoms. The molecule has 1 heterocycles. The molecule has 20 heavy (non-hydrogen) atoms. The molecule has 4 heteroatoms. The number of hydrogen-bond acceptors (Lipinski definition) is 3. The third-order valence-corrected chi connectivity index (χ3v) is 3.12. The normalized spacial score (nSPS) is 13.5. The molecule has 0 fully saturated rings. The van der Waals surface area contributed by atoms with Crippen LogP contribution in [0.4, 0.5) is 5.69 Å². The van der Waals surface area contributed by atoms with E-state index in [0.29, 0.717) is 0 Å². The lowest BCUT2D eigenvalue weighted by molar-refractivity contribution is -0.117. The Morgan fingerprint density at radius 2 is 1.85 bits per heavy atom. The summed E-state index contributed by atoms with van der Waals surface area (Å²) in [5.41, 5.74) is 1.87. The number of rotatable bonds is 5. The van der Waals surface area contributed by atoms with E-state index >= 15 is 0 Å². The minimum absolute atomic E-state index is 0.0491. The second-order valence-electron chi connectivity index (χ2n) is 4.75. The maximum Gasteiger partial charge on any atom is 0.241 e. The van der Waals surface area contributed by atoms with E-state index in [1.165, 1.54) is 0 Å². The Labute approximate surface area is 119 Å². The first-order valence-electron chi connectivity index (χ1n) is 6.68. The maximum atomic E-state index is 12.1. The first-order chi connectivity index (χ1) is 9.66. The fourth-order valence-electron chi connectivity index (χ4n) is 1.95. The molecule has 0 aliphatic rings. The smallest absolute Gasteiger partial charge is 0.241 e. The van der Waals surface area contributed by atoms with Gasteiger partial charge in [0.15, 0.2) is 0 Å². The van der Waals surface area contributed by atoms with Gasteiger partial charge in [-0.05, 0) is 37.6 Å². The molecule has 0 spiro atoms. The molecule has 2 aromatic rings. The third-order valence-electron chi connectivity index (χ3n) is 3.12. The zero-order valence-electron chi connectivity index (χ0n) is 11.7. The van der Waals surface area contributed by atoms with Gasteiger partial charge in [0.25, 0.3) is 0 Å². The summed E-state index contributed by atoms with van der Waals surface area (Å²) in [6, 6.07) is 13.1. The van der Waals surface area contributed by atoms with Crippen LogP contribution in [0.25, 0.3) is 0 Å². The number of nitrogens with one attached hydrogen (secondary N) is 2. The monoisotopic (exact) mass is 269 g/mol. The highest BCUT2D eigenvalue weighted by Gasteiger charge is 2.16. The molecule has 1 aromatic heterocycles. The number of carbonyl (C=O) groups is 1. The first kappa shape index (κ1) is 14.2. The molecular formula is C16H19N3O. The molecule has 0 aliphatic heterocycles. The van der Waals surface area contributed by atoms with Gasteiger partial charge in [-0.3, -0.25) is 15.1 Å². The van der Waals surface area contributed by atoms with Crippen LogP contribution >= 0.6 is 0 Å². The summed E-state index contributed by atoms with van der Waals surface area (Å²) >= 11 is 0. The molecule has 4 nitrogen and oxygen atoms in total. The zero-order valence-corrected chi connectivity index (χ0v) is 11.7. The maximum absolute atomic E-state index is 12.1. The molecule has 2 unspecified atom stereocenters. The quantitative estimate of drug-likeness (QED) is 0.877. The van der Waals surface area contributed by atoms with Crippen LogP contribution in [0.3, 0.4) is 0 Å². The van der Waals surface area contributed by atoms with Crippen LogP contribution in [0.2, 0.25) is 0 Å². The molecule has 0 saturated heterocycles. The Kier molecular flexibility index (Phi) is 4.85. The Hall–Kier alpha value is -2.20. The Morgan fingerprint density at radius 1 is 1.10 bits per heavy atom. The SMILES string of the molecule is CC(NC(C)c1cccnc1)C(=O)Nc1ccccc1. The molecule has 1 amide bonds. The van der Waals surface area contributed by atoms with Crippen molar-refractivity contribution < 1.29 is 4.79 Å². The number of carbonyl (C=O) groups excluding carboxylic acids is 1. The van der Waals surface area contributed by atoms with Crippen LogP contribution in [0.5, 0.6) is 0 Å². The third kappa shape index (κ3) is 3.90. The summed E-state index contributed by atoms with van der Waals surface area (Å²) < 4.78 is 0. The van der Waals surface area contributed by atoms with Crippen molar-refractivity contribution in [3.05, 3.63) is 60.4 Å². The van der Waals surface area contributed by atoms with Crippen molar-refractivity contribution in [2.24, 2.45) is 0 Å². The largest absolute Gasteiger partial charge is 0.325 e. The number of para-hydroxylation sites is 1. The highest BCUT2D eigenvalue weighted by Crippen LogP contribution is 2.11. The molecule has 2 N–H and O–H groups in total. The van der Waals surface area contributed by atoms with Gasteiger partial charge in [0, 0.05) is 24.1 Å². The average Bonchev–Trinajstić information content (AvgIpc) is 2.49. The Morgan fingerprint density at radius 3 is 2.50 bits per heavy atom. The fraction of sp³-hybridized carbons (Fsp3) is 0.250. The molecule has 0 aliphatic carbocycles. The van der Waals surface area contributed by atoms with Crippen molar-refractivity contribution in [2.45, 2.75) is 25.9 Å². The topological polar surface area (TPSA) is 54.0 Å². The van der Waals surface area contributed by atoms with Crippen molar-refractivity contribution in [1.29, 1.82) is 0 Å². The van der Waals surface area contributed by atoms with Crippen molar-refractivity contribution in [2.75, 3.05) is 5.32 Å². The molecule has 0 radical (unpaired) electrons. The van der Waals surface area contributed by atoms with Crippen molar-refractivity contribution in [3.63, 3.8) is 0 Å². The molecule has 2 rings (SSSR count). The van der Waals surface area contributed by atoms with Crippen molar-refractivity contribution >= 4 is 11.6 Å². The Bertz CT molecular complexity index is 542. The molecule has 2 atom stereocenters. The minimum Gasteiger partial charge on any atom is -0.325 e. The van der Waals surface area contributed by atoms with Gasteiger partial charge < -0.3 is 5.32 Å². The van der Waals surface area contributed by atoms with Crippen LogP contribution in [0, 0.1) is 0 Å². The summed E-state index contributed by atoms with van der Waals surface area (Å²) in [4.78, 5) is 16.2. The number of nitrogens with zero attached hydrogens (tertiary/aromatic N) is 1. The van der Waals surface area contributed by atoms with Crippen LogP contribution in [-0.4, -0.2) is 16.9 Å². The second-order valence-corrected chi connectivity index (χ2v) is 4.75. The van der Waals surface area contributed by atoms with Gasteiger partial charge >= 0.3 is 0 Å². The first-order valence-corrected chi connectivity index (χ1v) is 6.68. The van der Waals surface area contributed by atoms with Crippen molar-refractivity contribution in [3.8, 4) is 0 Å². The number of anilines is 1. The predicted octanol–water partition coefficient (Wildman–Crippen LogP) is 2.76. The lowest BCUT2D eigenvalue weighted by atomic mass is 10.1. The van der Waals surface area contributed by atoms with Gasteiger partial charge in [0.05, 0.1) is 6.04 Å². The van der Waals surface area contributed by atoms with Crippen LogP contribution in [0.15, 0.2) is 54.9 Å². The van der Waals surface area contributed by atoms with E-state index in [1.54, 1.807) is 12.4 Å². The average molecular weight is 269 g/mol. The highest BCUT2D eigenvalue weighted by atomic mass is 16.2. The van der Waals surface area contributed by atoms with E-state index in [2.05, 4.69) is 15.6 Å². The van der Waals surface area contributed by atoms with Gasteiger partial charge in [-0.1, -0.05) is 24.3 Å². The van der Waals surface area contributed by atoms with Crippen LogP contribution in [-0.2, 0) is 4.79 Å². The number of benzene rings is 1.